The lowest BCUT2D eigenvalue weighted by Crippen LogP contribution is -2.14. The minimum absolute atomic E-state index is 0.227. The Kier molecular flexibility index (Phi) is 4.34. The van der Waals surface area contributed by atoms with Crippen LogP contribution >= 0.6 is 0 Å². The smallest absolute Gasteiger partial charge is 0.316 e. The summed E-state index contributed by atoms with van der Waals surface area (Å²) in [6.07, 6.45) is 4.53. The van der Waals surface area contributed by atoms with Gasteiger partial charge in [-0.2, -0.15) is 0 Å². The number of hydrogen-bond donors (Lipinski definition) is 1. The quantitative estimate of drug-likeness (QED) is 0.756. The second-order valence-electron chi connectivity index (χ2n) is 3.53. The van der Waals surface area contributed by atoms with Crippen LogP contribution < -0.4 is 0 Å². The summed E-state index contributed by atoms with van der Waals surface area (Å²) in [7, 11) is 1.40. The number of H-pyrrole nitrogens is 1. The van der Waals surface area contributed by atoms with E-state index in [1.165, 1.54) is 7.11 Å². The number of rotatable bonds is 5. The van der Waals surface area contributed by atoms with Crippen molar-refractivity contribution in [3.8, 4) is 0 Å². The van der Waals surface area contributed by atoms with Gasteiger partial charge in [0.2, 0.25) is 0 Å². The maximum absolute atomic E-state index is 11.4. The highest BCUT2D eigenvalue weighted by Gasteiger charge is 2.22. The van der Waals surface area contributed by atoms with E-state index in [2.05, 4.69) is 16.9 Å². The van der Waals surface area contributed by atoms with Crippen molar-refractivity contribution in [1.29, 1.82) is 0 Å². The second-order valence-corrected chi connectivity index (χ2v) is 3.53. The van der Waals surface area contributed by atoms with Gasteiger partial charge >= 0.3 is 5.97 Å². The molecule has 0 aliphatic rings. The Morgan fingerprint density at radius 1 is 1.60 bits per heavy atom. The van der Waals surface area contributed by atoms with E-state index in [1.807, 2.05) is 6.92 Å². The third kappa shape index (κ3) is 2.81. The summed E-state index contributed by atoms with van der Waals surface area (Å²) in [5.41, 5.74) is 1.08. The molecule has 84 valence electrons. The van der Waals surface area contributed by atoms with Crippen molar-refractivity contribution in [2.45, 2.75) is 39.0 Å². The predicted molar refractivity (Wildman–Crippen MR) is 57.6 cm³/mol. The molecule has 0 aliphatic carbocycles. The fourth-order valence-electron chi connectivity index (χ4n) is 1.56. The van der Waals surface area contributed by atoms with Gasteiger partial charge in [-0.3, -0.25) is 4.79 Å². The highest BCUT2D eigenvalue weighted by molar-refractivity contribution is 5.76. The molecule has 4 heteroatoms. The van der Waals surface area contributed by atoms with E-state index >= 15 is 0 Å². The standard InChI is InChI=1S/C11H18N2O2/c1-4-6-8-7-12-10(13-8)9(5-2)11(14)15-3/h7,9H,4-6H2,1-3H3,(H,12,13). The Bertz CT molecular complexity index is 320. The molecule has 1 heterocycles. The summed E-state index contributed by atoms with van der Waals surface area (Å²) >= 11 is 0. The Labute approximate surface area is 90.1 Å². The van der Waals surface area contributed by atoms with Gasteiger partial charge in [0.1, 0.15) is 11.7 Å². The van der Waals surface area contributed by atoms with Crippen molar-refractivity contribution >= 4 is 5.97 Å². The van der Waals surface area contributed by atoms with Gasteiger partial charge in [-0.25, -0.2) is 4.98 Å². The third-order valence-corrected chi connectivity index (χ3v) is 2.39. The lowest BCUT2D eigenvalue weighted by atomic mass is 10.1. The van der Waals surface area contributed by atoms with Crippen molar-refractivity contribution in [3.05, 3.63) is 17.7 Å². The summed E-state index contributed by atoms with van der Waals surface area (Å²) in [6, 6.07) is 0. The summed E-state index contributed by atoms with van der Waals surface area (Å²) in [6.45, 7) is 4.06. The maximum Gasteiger partial charge on any atom is 0.316 e. The van der Waals surface area contributed by atoms with Crippen LogP contribution in [-0.4, -0.2) is 23.0 Å². The average Bonchev–Trinajstić information content (AvgIpc) is 2.68. The first-order valence-electron chi connectivity index (χ1n) is 5.34. The molecule has 0 saturated heterocycles. The first-order chi connectivity index (χ1) is 7.22. The van der Waals surface area contributed by atoms with Gasteiger partial charge in [-0.15, -0.1) is 0 Å². The molecule has 4 nitrogen and oxygen atoms in total. The molecule has 0 amide bonds. The number of nitrogens with one attached hydrogen (secondary N) is 1. The number of aromatic nitrogens is 2. The van der Waals surface area contributed by atoms with Gasteiger partial charge in [0.05, 0.1) is 7.11 Å². The molecule has 0 spiro atoms. The Morgan fingerprint density at radius 2 is 2.33 bits per heavy atom. The molecular formula is C11H18N2O2. The molecule has 15 heavy (non-hydrogen) atoms. The molecule has 0 aliphatic heterocycles. The Morgan fingerprint density at radius 3 is 2.87 bits per heavy atom. The number of methoxy groups -OCH3 is 1. The summed E-state index contributed by atoms with van der Waals surface area (Å²) < 4.78 is 4.73. The molecule has 0 bridgehead atoms. The monoisotopic (exact) mass is 210 g/mol. The van der Waals surface area contributed by atoms with Crippen molar-refractivity contribution < 1.29 is 9.53 Å². The number of ether oxygens (including phenoxy) is 1. The van der Waals surface area contributed by atoms with E-state index in [9.17, 15) is 4.79 Å². The lowest BCUT2D eigenvalue weighted by molar-refractivity contribution is -0.142. The number of aryl methyl sites for hydroxylation is 1. The molecule has 0 fully saturated rings. The zero-order valence-electron chi connectivity index (χ0n) is 9.54. The molecular weight excluding hydrogens is 192 g/mol. The fraction of sp³-hybridized carbons (Fsp3) is 0.636. The molecule has 1 aromatic rings. The average molecular weight is 210 g/mol. The molecule has 0 aromatic carbocycles. The molecule has 1 atom stereocenters. The summed E-state index contributed by atoms with van der Waals surface area (Å²) in [5, 5.41) is 0. The minimum atomic E-state index is -0.263. The summed E-state index contributed by atoms with van der Waals surface area (Å²) in [5.74, 6) is 0.225. The van der Waals surface area contributed by atoms with Crippen LogP contribution in [0.15, 0.2) is 6.20 Å². The van der Waals surface area contributed by atoms with Crippen LogP contribution in [0.4, 0.5) is 0 Å². The Balaban J connectivity index is 2.78. The van der Waals surface area contributed by atoms with Crippen LogP contribution in [0.25, 0.3) is 0 Å². The topological polar surface area (TPSA) is 55.0 Å². The number of aromatic amines is 1. The van der Waals surface area contributed by atoms with Crippen LogP contribution in [-0.2, 0) is 16.0 Å². The maximum atomic E-state index is 11.4. The van der Waals surface area contributed by atoms with Crippen LogP contribution in [0.5, 0.6) is 0 Å². The summed E-state index contributed by atoms with van der Waals surface area (Å²) in [4.78, 5) is 18.8. The second kappa shape index (κ2) is 5.53. The van der Waals surface area contributed by atoms with Gasteiger partial charge in [-0.1, -0.05) is 20.3 Å². The molecule has 1 rings (SSSR count). The Hall–Kier alpha value is -1.32. The van der Waals surface area contributed by atoms with E-state index < -0.39 is 0 Å². The van der Waals surface area contributed by atoms with E-state index in [1.54, 1.807) is 6.20 Å². The first-order valence-corrected chi connectivity index (χ1v) is 5.34. The van der Waals surface area contributed by atoms with E-state index in [0.29, 0.717) is 12.2 Å². The van der Waals surface area contributed by atoms with Crippen LogP contribution in [0, 0.1) is 0 Å². The van der Waals surface area contributed by atoms with Crippen molar-refractivity contribution in [2.75, 3.05) is 7.11 Å². The fourth-order valence-corrected chi connectivity index (χ4v) is 1.56. The normalized spacial score (nSPS) is 12.5. The number of nitrogens with zero attached hydrogens (tertiary/aromatic N) is 1. The molecule has 0 saturated carbocycles. The van der Waals surface area contributed by atoms with E-state index in [4.69, 9.17) is 4.74 Å². The third-order valence-electron chi connectivity index (χ3n) is 2.39. The van der Waals surface area contributed by atoms with Gasteiger partial charge in [0.25, 0.3) is 0 Å². The first kappa shape index (κ1) is 11.8. The predicted octanol–water partition coefficient (Wildman–Crippen LogP) is 2.03. The van der Waals surface area contributed by atoms with Crippen LogP contribution in [0.2, 0.25) is 0 Å². The number of hydrogen-bond acceptors (Lipinski definition) is 3. The molecule has 1 aromatic heterocycles. The largest absolute Gasteiger partial charge is 0.468 e. The van der Waals surface area contributed by atoms with Gasteiger partial charge in [-0.05, 0) is 12.8 Å². The van der Waals surface area contributed by atoms with E-state index in [0.717, 1.165) is 18.5 Å². The van der Waals surface area contributed by atoms with Gasteiger partial charge in [0.15, 0.2) is 0 Å². The molecule has 1 unspecified atom stereocenters. The SMILES string of the molecule is CCCc1cnc(C(CC)C(=O)OC)[nH]1. The van der Waals surface area contributed by atoms with Crippen molar-refractivity contribution in [1.82, 2.24) is 9.97 Å². The zero-order chi connectivity index (χ0) is 11.3. The number of carbonyl (C=O) groups is 1. The van der Waals surface area contributed by atoms with Crippen molar-refractivity contribution in [3.63, 3.8) is 0 Å². The molecule has 1 N–H and O–H groups in total. The molecule has 0 radical (unpaired) electrons. The van der Waals surface area contributed by atoms with E-state index in [-0.39, 0.29) is 11.9 Å². The zero-order valence-corrected chi connectivity index (χ0v) is 9.54. The number of esters is 1. The number of carbonyl (C=O) groups excluding carboxylic acids is 1. The number of imidazole rings is 1. The van der Waals surface area contributed by atoms with Gasteiger partial charge in [0, 0.05) is 11.9 Å². The van der Waals surface area contributed by atoms with Crippen LogP contribution in [0.1, 0.15) is 44.1 Å². The highest BCUT2D eigenvalue weighted by atomic mass is 16.5. The highest BCUT2D eigenvalue weighted by Crippen LogP contribution is 2.18. The lowest BCUT2D eigenvalue weighted by Gasteiger charge is -2.08. The van der Waals surface area contributed by atoms with Gasteiger partial charge < -0.3 is 9.72 Å². The van der Waals surface area contributed by atoms with Crippen LogP contribution in [0.3, 0.4) is 0 Å². The van der Waals surface area contributed by atoms with Crippen molar-refractivity contribution in [2.24, 2.45) is 0 Å². The minimum Gasteiger partial charge on any atom is -0.468 e.